The summed E-state index contributed by atoms with van der Waals surface area (Å²) >= 11 is 0. The van der Waals surface area contributed by atoms with Crippen LogP contribution in [0.2, 0.25) is 0 Å². The summed E-state index contributed by atoms with van der Waals surface area (Å²) in [5, 5.41) is 18.9. The number of carboxylic acid groups (broad SMARTS) is 2. The molecule has 0 aliphatic heterocycles. The van der Waals surface area contributed by atoms with Gasteiger partial charge in [0.25, 0.3) is 0 Å². The molecule has 0 aromatic heterocycles. The maximum absolute atomic E-state index is 11.9. The zero-order valence-corrected chi connectivity index (χ0v) is 10.7. The van der Waals surface area contributed by atoms with E-state index in [0.29, 0.717) is 0 Å². The molecule has 102 valence electrons. The third kappa shape index (κ3) is 2.25. The molecule has 0 spiro atoms. The van der Waals surface area contributed by atoms with E-state index in [9.17, 15) is 14.7 Å². The summed E-state index contributed by atoms with van der Waals surface area (Å²) < 4.78 is 0. The van der Waals surface area contributed by atoms with Gasteiger partial charge in [-0.2, -0.15) is 0 Å². The lowest BCUT2D eigenvalue weighted by molar-refractivity contribution is -0.164. The van der Waals surface area contributed by atoms with E-state index in [-0.39, 0.29) is 18.3 Å². The minimum absolute atomic E-state index is 0.0641. The van der Waals surface area contributed by atoms with Crippen molar-refractivity contribution in [3.8, 4) is 0 Å². The molecule has 2 aliphatic carbocycles. The average Bonchev–Trinajstić information content (AvgIpc) is 2.98. The molecule has 4 heteroatoms. The van der Waals surface area contributed by atoms with Gasteiger partial charge in [-0.3, -0.25) is 9.59 Å². The van der Waals surface area contributed by atoms with Crippen LogP contribution in [0.5, 0.6) is 0 Å². The minimum atomic E-state index is -1.00. The van der Waals surface area contributed by atoms with Gasteiger partial charge in [-0.05, 0) is 37.5 Å². The Morgan fingerprint density at radius 1 is 0.889 bits per heavy atom. The van der Waals surface area contributed by atoms with Crippen molar-refractivity contribution >= 4 is 11.9 Å². The zero-order chi connectivity index (χ0) is 13.2. The lowest BCUT2D eigenvalue weighted by Gasteiger charge is -2.39. The Kier molecular flexibility index (Phi) is 3.93. The second kappa shape index (κ2) is 5.29. The molecular formula is C14H22O4. The molecular weight excluding hydrogens is 232 g/mol. The Balaban J connectivity index is 2.32. The summed E-state index contributed by atoms with van der Waals surface area (Å²) in [6.45, 7) is 0. The highest BCUT2D eigenvalue weighted by atomic mass is 16.4. The van der Waals surface area contributed by atoms with Crippen molar-refractivity contribution in [3.05, 3.63) is 0 Å². The second-order valence-electron chi connectivity index (χ2n) is 5.88. The van der Waals surface area contributed by atoms with E-state index < -0.39 is 17.4 Å². The number of rotatable bonds is 5. The molecule has 4 nitrogen and oxygen atoms in total. The highest BCUT2D eigenvalue weighted by Crippen LogP contribution is 2.52. The van der Waals surface area contributed by atoms with E-state index >= 15 is 0 Å². The van der Waals surface area contributed by atoms with Gasteiger partial charge >= 0.3 is 11.9 Å². The fourth-order valence-electron chi connectivity index (χ4n) is 4.18. The normalized spacial score (nSPS) is 22.4. The fourth-order valence-corrected chi connectivity index (χ4v) is 4.18. The van der Waals surface area contributed by atoms with Crippen LogP contribution in [0.3, 0.4) is 0 Å². The summed E-state index contributed by atoms with van der Waals surface area (Å²) in [6, 6.07) is 0. The standard InChI is InChI=1S/C14H22O4/c15-12(16)9-14(13(17)18,10-5-1-2-6-10)11-7-3-4-8-11/h10-11H,1-9H2,(H,15,16)(H,17,18). The molecule has 2 N–H and O–H groups in total. The van der Waals surface area contributed by atoms with Crippen LogP contribution in [-0.2, 0) is 9.59 Å². The molecule has 0 bridgehead atoms. The molecule has 0 aromatic rings. The first-order valence-electron chi connectivity index (χ1n) is 7.02. The summed E-state index contributed by atoms with van der Waals surface area (Å²) in [5.74, 6) is -1.71. The molecule has 2 saturated carbocycles. The van der Waals surface area contributed by atoms with Gasteiger partial charge in [0.2, 0.25) is 0 Å². The van der Waals surface area contributed by atoms with Crippen LogP contribution in [0.25, 0.3) is 0 Å². The van der Waals surface area contributed by atoms with Gasteiger partial charge in [-0.1, -0.05) is 25.7 Å². The second-order valence-corrected chi connectivity index (χ2v) is 5.88. The summed E-state index contributed by atoms with van der Waals surface area (Å²) in [5.41, 5.74) is -1.00. The Labute approximate surface area is 107 Å². The topological polar surface area (TPSA) is 74.6 Å². The van der Waals surface area contributed by atoms with Gasteiger partial charge in [0.15, 0.2) is 0 Å². The molecule has 18 heavy (non-hydrogen) atoms. The summed E-state index contributed by atoms with van der Waals surface area (Å²) in [4.78, 5) is 23.0. The van der Waals surface area contributed by atoms with Gasteiger partial charge in [0.05, 0.1) is 11.8 Å². The highest BCUT2D eigenvalue weighted by Gasteiger charge is 2.53. The van der Waals surface area contributed by atoms with Gasteiger partial charge < -0.3 is 10.2 Å². The Hall–Kier alpha value is -1.06. The predicted octanol–water partition coefficient (Wildman–Crippen LogP) is 2.91. The van der Waals surface area contributed by atoms with E-state index in [1.165, 1.54) is 0 Å². The predicted molar refractivity (Wildman–Crippen MR) is 66.2 cm³/mol. The van der Waals surface area contributed by atoms with Gasteiger partial charge in [0, 0.05) is 0 Å². The molecule has 0 amide bonds. The molecule has 0 heterocycles. The van der Waals surface area contributed by atoms with E-state index in [0.717, 1.165) is 51.4 Å². The van der Waals surface area contributed by atoms with Gasteiger partial charge in [-0.25, -0.2) is 0 Å². The van der Waals surface area contributed by atoms with Crippen LogP contribution in [0, 0.1) is 17.3 Å². The molecule has 2 fully saturated rings. The fraction of sp³-hybridized carbons (Fsp3) is 0.857. The van der Waals surface area contributed by atoms with Crippen LogP contribution in [0.4, 0.5) is 0 Å². The summed E-state index contributed by atoms with van der Waals surface area (Å²) in [6.07, 6.45) is 7.53. The van der Waals surface area contributed by atoms with E-state index in [1.54, 1.807) is 0 Å². The van der Waals surface area contributed by atoms with E-state index in [2.05, 4.69) is 0 Å². The van der Waals surface area contributed by atoms with Crippen LogP contribution < -0.4 is 0 Å². The van der Waals surface area contributed by atoms with Gasteiger partial charge in [0.1, 0.15) is 0 Å². The number of aliphatic carboxylic acids is 2. The first-order chi connectivity index (χ1) is 8.57. The summed E-state index contributed by atoms with van der Waals surface area (Å²) in [7, 11) is 0. The van der Waals surface area contributed by atoms with E-state index in [1.807, 2.05) is 0 Å². The molecule has 0 aromatic carbocycles. The maximum Gasteiger partial charge on any atom is 0.310 e. The first-order valence-corrected chi connectivity index (χ1v) is 7.02. The number of carbonyl (C=O) groups is 2. The Morgan fingerprint density at radius 3 is 1.56 bits per heavy atom. The lowest BCUT2D eigenvalue weighted by atomic mass is 9.63. The number of hydrogen-bond donors (Lipinski definition) is 2. The molecule has 2 aliphatic rings. The van der Waals surface area contributed by atoms with Crippen LogP contribution in [-0.4, -0.2) is 22.2 Å². The molecule has 0 unspecified atom stereocenters. The van der Waals surface area contributed by atoms with Crippen molar-refractivity contribution in [2.75, 3.05) is 0 Å². The SMILES string of the molecule is O=C(O)CC(C(=O)O)(C1CCCC1)C1CCCC1. The van der Waals surface area contributed by atoms with Crippen molar-refractivity contribution < 1.29 is 19.8 Å². The minimum Gasteiger partial charge on any atom is -0.481 e. The molecule has 0 saturated heterocycles. The lowest BCUT2D eigenvalue weighted by Crippen LogP contribution is -2.45. The van der Waals surface area contributed by atoms with Crippen LogP contribution >= 0.6 is 0 Å². The highest BCUT2D eigenvalue weighted by molar-refractivity contribution is 5.82. The quantitative estimate of drug-likeness (QED) is 0.791. The van der Waals surface area contributed by atoms with Crippen molar-refractivity contribution in [1.82, 2.24) is 0 Å². The Morgan fingerprint density at radius 2 is 1.28 bits per heavy atom. The van der Waals surface area contributed by atoms with Crippen molar-refractivity contribution in [2.45, 2.75) is 57.8 Å². The molecule has 2 rings (SSSR count). The van der Waals surface area contributed by atoms with Crippen molar-refractivity contribution in [2.24, 2.45) is 17.3 Å². The zero-order valence-electron chi connectivity index (χ0n) is 10.7. The maximum atomic E-state index is 11.9. The van der Waals surface area contributed by atoms with Crippen LogP contribution in [0.1, 0.15) is 57.8 Å². The number of hydrogen-bond acceptors (Lipinski definition) is 2. The third-order valence-corrected chi connectivity index (χ3v) is 5.01. The molecule has 0 atom stereocenters. The van der Waals surface area contributed by atoms with E-state index in [4.69, 9.17) is 5.11 Å². The monoisotopic (exact) mass is 254 g/mol. The van der Waals surface area contributed by atoms with Crippen LogP contribution in [0.15, 0.2) is 0 Å². The van der Waals surface area contributed by atoms with Crippen molar-refractivity contribution in [1.29, 1.82) is 0 Å². The molecule has 0 radical (unpaired) electrons. The third-order valence-electron chi connectivity index (χ3n) is 5.01. The van der Waals surface area contributed by atoms with Crippen molar-refractivity contribution in [3.63, 3.8) is 0 Å². The van der Waals surface area contributed by atoms with Gasteiger partial charge in [-0.15, -0.1) is 0 Å². The smallest absolute Gasteiger partial charge is 0.310 e. The first kappa shape index (κ1) is 13.4. The average molecular weight is 254 g/mol. The largest absolute Gasteiger partial charge is 0.481 e. The number of carboxylic acids is 2. The Bertz CT molecular complexity index is 309.